The average Bonchev–Trinajstić information content (AvgIpc) is 2.90. The molecule has 2 N–H and O–H groups in total. The van der Waals surface area contributed by atoms with Crippen molar-refractivity contribution in [1.29, 1.82) is 0 Å². The summed E-state index contributed by atoms with van der Waals surface area (Å²) in [5, 5.41) is 11.2. The minimum absolute atomic E-state index is 0.605. The number of aromatic nitrogens is 2. The summed E-state index contributed by atoms with van der Waals surface area (Å²) in [5.41, 5.74) is 2.56. The molecule has 0 spiro atoms. The van der Waals surface area contributed by atoms with Gasteiger partial charge in [0, 0.05) is 37.3 Å². The van der Waals surface area contributed by atoms with Crippen LogP contribution in [0.25, 0.3) is 0 Å². The second-order valence-corrected chi connectivity index (χ2v) is 5.18. The Kier molecular flexibility index (Phi) is 3.43. The van der Waals surface area contributed by atoms with E-state index in [0.29, 0.717) is 11.8 Å². The minimum Gasteiger partial charge on any atom is -0.381 e. The van der Waals surface area contributed by atoms with Crippen LogP contribution < -0.4 is 5.32 Å². The Labute approximate surface area is 102 Å². The lowest BCUT2D eigenvalue weighted by Crippen LogP contribution is -2.28. The van der Waals surface area contributed by atoms with Crippen LogP contribution in [0, 0.1) is 0 Å². The van der Waals surface area contributed by atoms with E-state index in [9.17, 15) is 0 Å². The molecule has 2 fully saturated rings. The molecule has 2 aliphatic rings. The molecule has 94 valence electrons. The van der Waals surface area contributed by atoms with Crippen molar-refractivity contribution >= 4 is 0 Å². The van der Waals surface area contributed by atoms with E-state index >= 15 is 0 Å². The van der Waals surface area contributed by atoms with E-state index in [0.717, 1.165) is 39.1 Å². The monoisotopic (exact) mass is 235 g/mol. The largest absolute Gasteiger partial charge is 0.381 e. The molecule has 0 aromatic carbocycles. The van der Waals surface area contributed by atoms with Crippen LogP contribution >= 0.6 is 0 Å². The molecule has 1 aromatic heterocycles. The molecule has 2 aliphatic heterocycles. The number of hydrogen-bond donors (Lipinski definition) is 2. The summed E-state index contributed by atoms with van der Waals surface area (Å²) in [4.78, 5) is 0. The Morgan fingerprint density at radius 3 is 2.82 bits per heavy atom. The molecule has 4 nitrogen and oxygen atoms in total. The van der Waals surface area contributed by atoms with Gasteiger partial charge in [-0.15, -0.1) is 0 Å². The summed E-state index contributed by atoms with van der Waals surface area (Å²) < 4.78 is 5.40. The normalized spacial score (nSPS) is 27.2. The number of aromatic amines is 1. The first-order valence-electron chi connectivity index (χ1n) is 6.77. The number of rotatable bonds is 2. The van der Waals surface area contributed by atoms with Crippen LogP contribution in [-0.2, 0) is 4.74 Å². The van der Waals surface area contributed by atoms with Gasteiger partial charge in [-0.05, 0) is 38.3 Å². The van der Waals surface area contributed by atoms with Crippen LogP contribution in [0.4, 0.5) is 0 Å². The molecule has 1 unspecified atom stereocenters. The fourth-order valence-corrected chi connectivity index (χ4v) is 2.88. The summed E-state index contributed by atoms with van der Waals surface area (Å²) in [7, 11) is 0. The number of H-pyrrole nitrogens is 1. The Balaban J connectivity index is 1.68. The third-order valence-corrected chi connectivity index (χ3v) is 3.99. The maximum Gasteiger partial charge on any atom is 0.0668 e. The van der Waals surface area contributed by atoms with Gasteiger partial charge in [0.15, 0.2) is 0 Å². The van der Waals surface area contributed by atoms with Gasteiger partial charge in [-0.3, -0.25) is 5.10 Å². The van der Waals surface area contributed by atoms with Crippen LogP contribution in [0.1, 0.15) is 48.9 Å². The molecule has 4 heteroatoms. The van der Waals surface area contributed by atoms with Crippen molar-refractivity contribution in [2.45, 2.75) is 37.5 Å². The lowest BCUT2D eigenvalue weighted by Gasteiger charge is -2.21. The standard InChI is InChI=1S/C13H21N3O/c1-2-11(9-14-5-1)13-8-12(15-16-13)10-3-6-17-7-4-10/h8,10-11,14H,1-7,9H2,(H,15,16). The predicted molar refractivity (Wildman–Crippen MR) is 66.2 cm³/mol. The highest BCUT2D eigenvalue weighted by atomic mass is 16.5. The van der Waals surface area contributed by atoms with E-state index in [1.165, 1.54) is 24.2 Å². The molecule has 0 saturated carbocycles. The van der Waals surface area contributed by atoms with Crippen molar-refractivity contribution in [2.24, 2.45) is 0 Å². The summed E-state index contributed by atoms with van der Waals surface area (Å²) in [5.74, 6) is 1.23. The zero-order chi connectivity index (χ0) is 11.5. The van der Waals surface area contributed by atoms with Crippen LogP contribution in [-0.4, -0.2) is 36.5 Å². The lowest BCUT2D eigenvalue weighted by atomic mass is 9.93. The number of piperidine rings is 1. The van der Waals surface area contributed by atoms with Gasteiger partial charge in [-0.1, -0.05) is 0 Å². The summed E-state index contributed by atoms with van der Waals surface area (Å²) in [6.45, 7) is 4.03. The second-order valence-electron chi connectivity index (χ2n) is 5.18. The maximum atomic E-state index is 5.40. The highest BCUT2D eigenvalue weighted by Crippen LogP contribution is 2.28. The first-order valence-corrected chi connectivity index (χ1v) is 6.77. The highest BCUT2D eigenvalue weighted by Gasteiger charge is 2.22. The van der Waals surface area contributed by atoms with E-state index < -0.39 is 0 Å². The smallest absolute Gasteiger partial charge is 0.0668 e. The van der Waals surface area contributed by atoms with Gasteiger partial charge in [-0.2, -0.15) is 5.10 Å². The van der Waals surface area contributed by atoms with Crippen molar-refractivity contribution in [3.8, 4) is 0 Å². The first-order chi connectivity index (χ1) is 8.43. The molecule has 3 heterocycles. The number of ether oxygens (including phenoxy) is 1. The number of hydrogen-bond acceptors (Lipinski definition) is 3. The topological polar surface area (TPSA) is 49.9 Å². The van der Waals surface area contributed by atoms with Crippen molar-refractivity contribution in [1.82, 2.24) is 15.5 Å². The van der Waals surface area contributed by atoms with Crippen molar-refractivity contribution < 1.29 is 4.74 Å². The predicted octanol–water partition coefficient (Wildman–Crippen LogP) is 1.77. The summed E-state index contributed by atoms with van der Waals surface area (Å²) >= 11 is 0. The Hall–Kier alpha value is -0.870. The summed E-state index contributed by atoms with van der Waals surface area (Å²) in [6, 6.07) is 2.29. The van der Waals surface area contributed by atoms with E-state index in [1.54, 1.807) is 0 Å². The SMILES string of the molecule is c1c(C2CCCNC2)n[nH]c1C1CCOCC1. The molecule has 1 aromatic rings. The molecule has 0 radical (unpaired) electrons. The van der Waals surface area contributed by atoms with E-state index in [-0.39, 0.29) is 0 Å². The quantitative estimate of drug-likeness (QED) is 0.821. The van der Waals surface area contributed by atoms with Crippen molar-refractivity contribution in [3.05, 3.63) is 17.5 Å². The Bertz CT molecular complexity index is 319. The third kappa shape index (κ3) is 2.53. The molecule has 2 saturated heterocycles. The van der Waals surface area contributed by atoms with Gasteiger partial charge in [0.25, 0.3) is 0 Å². The van der Waals surface area contributed by atoms with Crippen LogP contribution in [0.3, 0.4) is 0 Å². The molecular weight excluding hydrogens is 214 g/mol. The number of nitrogens with one attached hydrogen (secondary N) is 2. The fraction of sp³-hybridized carbons (Fsp3) is 0.769. The van der Waals surface area contributed by atoms with Crippen LogP contribution in [0.5, 0.6) is 0 Å². The van der Waals surface area contributed by atoms with Crippen molar-refractivity contribution in [2.75, 3.05) is 26.3 Å². The zero-order valence-electron chi connectivity index (χ0n) is 10.2. The van der Waals surface area contributed by atoms with Gasteiger partial charge < -0.3 is 10.1 Å². The number of nitrogens with zero attached hydrogens (tertiary/aromatic N) is 1. The third-order valence-electron chi connectivity index (χ3n) is 3.99. The van der Waals surface area contributed by atoms with Crippen LogP contribution in [0.2, 0.25) is 0 Å². The van der Waals surface area contributed by atoms with Gasteiger partial charge in [0.1, 0.15) is 0 Å². The maximum absolute atomic E-state index is 5.40. The first kappa shape index (κ1) is 11.2. The molecule has 3 rings (SSSR count). The Morgan fingerprint density at radius 2 is 2.06 bits per heavy atom. The average molecular weight is 235 g/mol. The highest BCUT2D eigenvalue weighted by molar-refractivity contribution is 5.18. The molecule has 0 amide bonds. The van der Waals surface area contributed by atoms with Gasteiger partial charge >= 0.3 is 0 Å². The van der Waals surface area contributed by atoms with E-state index in [4.69, 9.17) is 4.74 Å². The zero-order valence-corrected chi connectivity index (χ0v) is 10.2. The van der Waals surface area contributed by atoms with Crippen molar-refractivity contribution in [3.63, 3.8) is 0 Å². The molecule has 17 heavy (non-hydrogen) atoms. The van der Waals surface area contributed by atoms with E-state index in [2.05, 4.69) is 21.6 Å². The van der Waals surface area contributed by atoms with E-state index in [1.807, 2.05) is 0 Å². The molecular formula is C13H21N3O. The molecule has 0 bridgehead atoms. The molecule has 0 aliphatic carbocycles. The lowest BCUT2D eigenvalue weighted by molar-refractivity contribution is 0.0845. The van der Waals surface area contributed by atoms with Gasteiger partial charge in [0.05, 0.1) is 5.69 Å². The second kappa shape index (κ2) is 5.19. The van der Waals surface area contributed by atoms with Gasteiger partial charge in [-0.25, -0.2) is 0 Å². The summed E-state index contributed by atoms with van der Waals surface area (Å²) in [6.07, 6.45) is 4.80. The minimum atomic E-state index is 0.605. The molecule has 1 atom stereocenters. The fourth-order valence-electron chi connectivity index (χ4n) is 2.88. The Morgan fingerprint density at radius 1 is 1.18 bits per heavy atom. The van der Waals surface area contributed by atoms with Crippen LogP contribution in [0.15, 0.2) is 6.07 Å². The van der Waals surface area contributed by atoms with Gasteiger partial charge in [0.2, 0.25) is 0 Å².